The van der Waals surface area contributed by atoms with Crippen LogP contribution in [0.2, 0.25) is 0 Å². The number of nitrogens with one attached hydrogen (secondary N) is 1. The van der Waals surface area contributed by atoms with Gasteiger partial charge in [0.25, 0.3) is 0 Å². The number of amides is 1. The predicted molar refractivity (Wildman–Crippen MR) is 113 cm³/mol. The van der Waals surface area contributed by atoms with E-state index in [1.54, 1.807) is 0 Å². The second kappa shape index (κ2) is 8.91. The first-order chi connectivity index (χ1) is 13.1. The molecule has 5 heteroatoms. The molecule has 2 aromatic carbocycles. The summed E-state index contributed by atoms with van der Waals surface area (Å²) >= 11 is 1.48. The van der Waals surface area contributed by atoms with Gasteiger partial charge in [-0.05, 0) is 30.5 Å². The molecule has 1 N–H and O–H groups in total. The molecule has 0 fully saturated rings. The van der Waals surface area contributed by atoms with Gasteiger partial charge in [0.1, 0.15) is 0 Å². The van der Waals surface area contributed by atoms with Gasteiger partial charge in [-0.25, -0.2) is 4.98 Å². The fraction of sp³-hybridized carbons (Fsp3) is 0.273. The third kappa shape index (κ3) is 4.61. The zero-order valence-corrected chi connectivity index (χ0v) is 16.6. The van der Waals surface area contributed by atoms with Gasteiger partial charge in [0, 0.05) is 13.1 Å². The number of thioether (sulfide) groups is 1. The van der Waals surface area contributed by atoms with Crippen LogP contribution in [0.4, 0.5) is 0 Å². The number of carbonyl (C=O) groups is 1. The van der Waals surface area contributed by atoms with Gasteiger partial charge in [-0.1, -0.05) is 67.2 Å². The smallest absolute Gasteiger partial charge is 0.233 e. The maximum Gasteiger partial charge on any atom is 0.233 e. The normalized spacial score (nSPS) is 13.3. The lowest BCUT2D eigenvalue weighted by atomic mass is 10.0. The Morgan fingerprint density at radius 2 is 1.89 bits per heavy atom. The number of para-hydroxylation sites is 2. The molecule has 27 heavy (non-hydrogen) atoms. The summed E-state index contributed by atoms with van der Waals surface area (Å²) in [6, 6.07) is 18.2. The van der Waals surface area contributed by atoms with Crippen LogP contribution in [-0.2, 0) is 11.3 Å². The number of aromatic nitrogens is 2. The summed E-state index contributed by atoms with van der Waals surface area (Å²) < 4.78 is 2.10. The van der Waals surface area contributed by atoms with E-state index >= 15 is 0 Å². The van der Waals surface area contributed by atoms with Crippen LogP contribution in [0.15, 0.2) is 72.4 Å². The Morgan fingerprint density at radius 3 is 2.63 bits per heavy atom. The molecular formula is C22H25N3OS. The molecule has 0 radical (unpaired) electrons. The molecule has 0 saturated carbocycles. The summed E-state index contributed by atoms with van der Waals surface area (Å²) in [6.07, 6.45) is 1.85. The molecule has 0 bridgehead atoms. The molecular weight excluding hydrogens is 354 g/mol. The van der Waals surface area contributed by atoms with Crippen molar-refractivity contribution in [3.05, 3.63) is 72.8 Å². The monoisotopic (exact) mass is 379 g/mol. The van der Waals surface area contributed by atoms with Crippen LogP contribution in [0.5, 0.6) is 0 Å². The standard InChI is InChI=1S/C22H25N3OS/c1-4-14-25-20-13-9-8-12-19(20)24-22(25)27-17(3)21(26)23-15-16(2)18-10-6-5-7-11-18/h4-13,16-17H,1,14-15H2,2-3H3,(H,23,26). The third-order valence-corrected chi connectivity index (χ3v) is 5.62. The Kier molecular flexibility index (Phi) is 6.35. The highest BCUT2D eigenvalue weighted by Crippen LogP contribution is 2.27. The van der Waals surface area contributed by atoms with E-state index in [2.05, 4.69) is 35.5 Å². The lowest BCUT2D eigenvalue weighted by molar-refractivity contribution is -0.120. The average Bonchev–Trinajstić information content (AvgIpc) is 3.04. The summed E-state index contributed by atoms with van der Waals surface area (Å²) in [7, 11) is 0. The SMILES string of the molecule is C=CCn1c(SC(C)C(=O)NCC(C)c2ccccc2)nc2ccccc21. The zero-order valence-electron chi connectivity index (χ0n) is 15.8. The van der Waals surface area contributed by atoms with Gasteiger partial charge in [-0.3, -0.25) is 4.79 Å². The molecule has 3 rings (SSSR count). The predicted octanol–water partition coefficient (Wildman–Crippen LogP) is 4.62. The fourth-order valence-electron chi connectivity index (χ4n) is 2.96. The first-order valence-corrected chi connectivity index (χ1v) is 10.0. The van der Waals surface area contributed by atoms with Gasteiger partial charge < -0.3 is 9.88 Å². The number of rotatable bonds is 8. The van der Waals surface area contributed by atoms with Crippen molar-refractivity contribution in [2.24, 2.45) is 0 Å². The summed E-state index contributed by atoms with van der Waals surface area (Å²) in [4.78, 5) is 17.3. The molecule has 1 heterocycles. The van der Waals surface area contributed by atoms with Crippen molar-refractivity contribution < 1.29 is 4.79 Å². The summed E-state index contributed by atoms with van der Waals surface area (Å²) in [5.41, 5.74) is 3.23. The number of nitrogens with zero attached hydrogens (tertiary/aromatic N) is 2. The minimum Gasteiger partial charge on any atom is -0.355 e. The maximum absolute atomic E-state index is 12.6. The second-order valence-electron chi connectivity index (χ2n) is 6.60. The molecule has 1 amide bonds. The molecule has 1 aromatic heterocycles. The summed E-state index contributed by atoms with van der Waals surface area (Å²) in [6.45, 7) is 9.17. The average molecular weight is 380 g/mol. The van der Waals surface area contributed by atoms with Crippen molar-refractivity contribution in [1.82, 2.24) is 14.9 Å². The molecule has 0 aliphatic rings. The largest absolute Gasteiger partial charge is 0.355 e. The quantitative estimate of drug-likeness (QED) is 0.459. The van der Waals surface area contributed by atoms with Crippen molar-refractivity contribution in [2.45, 2.75) is 36.7 Å². The number of fused-ring (bicyclic) bond motifs is 1. The number of benzene rings is 2. The lowest BCUT2D eigenvalue weighted by Crippen LogP contribution is -2.33. The van der Waals surface area contributed by atoms with Crippen molar-refractivity contribution in [3.63, 3.8) is 0 Å². The van der Waals surface area contributed by atoms with Crippen LogP contribution < -0.4 is 5.32 Å². The minimum atomic E-state index is -0.228. The van der Waals surface area contributed by atoms with Gasteiger partial charge in [0.2, 0.25) is 5.91 Å². The Morgan fingerprint density at radius 1 is 1.19 bits per heavy atom. The van der Waals surface area contributed by atoms with Crippen molar-refractivity contribution in [3.8, 4) is 0 Å². The molecule has 4 nitrogen and oxygen atoms in total. The number of hydrogen-bond acceptors (Lipinski definition) is 3. The summed E-state index contributed by atoms with van der Waals surface area (Å²) in [5, 5.41) is 3.68. The van der Waals surface area contributed by atoms with Gasteiger partial charge in [0.05, 0.1) is 16.3 Å². The van der Waals surface area contributed by atoms with E-state index in [1.807, 2.05) is 55.5 Å². The molecule has 3 aromatic rings. The molecule has 0 aliphatic heterocycles. The van der Waals surface area contributed by atoms with Crippen molar-refractivity contribution >= 4 is 28.7 Å². The number of hydrogen-bond donors (Lipinski definition) is 1. The minimum absolute atomic E-state index is 0.0278. The number of imidazole rings is 1. The van der Waals surface area contributed by atoms with Gasteiger partial charge >= 0.3 is 0 Å². The third-order valence-electron chi connectivity index (χ3n) is 4.53. The van der Waals surface area contributed by atoms with E-state index in [1.165, 1.54) is 17.3 Å². The highest BCUT2D eigenvalue weighted by molar-refractivity contribution is 8.00. The first-order valence-electron chi connectivity index (χ1n) is 9.15. The van der Waals surface area contributed by atoms with E-state index in [0.717, 1.165) is 16.2 Å². The topological polar surface area (TPSA) is 46.9 Å². The lowest BCUT2D eigenvalue weighted by Gasteiger charge is -2.16. The van der Waals surface area contributed by atoms with Crippen LogP contribution in [0.1, 0.15) is 25.3 Å². The van der Waals surface area contributed by atoms with E-state index in [9.17, 15) is 4.79 Å². The van der Waals surface area contributed by atoms with Crippen LogP contribution in [0.3, 0.4) is 0 Å². The molecule has 2 atom stereocenters. The second-order valence-corrected chi connectivity index (χ2v) is 7.91. The Bertz CT molecular complexity index is 920. The molecule has 0 spiro atoms. The van der Waals surface area contributed by atoms with E-state index in [-0.39, 0.29) is 17.1 Å². The van der Waals surface area contributed by atoms with Crippen LogP contribution in [-0.4, -0.2) is 27.3 Å². The van der Waals surface area contributed by atoms with Crippen LogP contribution in [0, 0.1) is 0 Å². The highest BCUT2D eigenvalue weighted by Gasteiger charge is 2.19. The number of allylic oxidation sites excluding steroid dienone is 1. The Labute approximate surface area is 164 Å². The molecule has 2 unspecified atom stereocenters. The Hall–Kier alpha value is -2.53. The van der Waals surface area contributed by atoms with E-state index < -0.39 is 0 Å². The molecule has 140 valence electrons. The van der Waals surface area contributed by atoms with E-state index in [0.29, 0.717) is 13.1 Å². The van der Waals surface area contributed by atoms with Gasteiger partial charge in [-0.15, -0.1) is 6.58 Å². The Balaban J connectivity index is 1.65. The highest BCUT2D eigenvalue weighted by atomic mass is 32.2. The maximum atomic E-state index is 12.6. The van der Waals surface area contributed by atoms with Crippen LogP contribution in [0.25, 0.3) is 11.0 Å². The van der Waals surface area contributed by atoms with Crippen molar-refractivity contribution in [2.75, 3.05) is 6.54 Å². The van der Waals surface area contributed by atoms with Gasteiger partial charge in [0.15, 0.2) is 5.16 Å². The van der Waals surface area contributed by atoms with Crippen molar-refractivity contribution in [1.29, 1.82) is 0 Å². The first kappa shape index (κ1) is 19.2. The summed E-state index contributed by atoms with van der Waals surface area (Å²) in [5.74, 6) is 0.303. The molecule has 0 saturated heterocycles. The molecule has 0 aliphatic carbocycles. The van der Waals surface area contributed by atoms with E-state index in [4.69, 9.17) is 4.98 Å². The zero-order chi connectivity index (χ0) is 19.2. The van der Waals surface area contributed by atoms with Gasteiger partial charge in [-0.2, -0.15) is 0 Å². The fourth-order valence-corrected chi connectivity index (χ4v) is 3.92. The van der Waals surface area contributed by atoms with Crippen LogP contribution >= 0.6 is 11.8 Å². The number of carbonyl (C=O) groups excluding carboxylic acids is 1.